The third-order valence-electron chi connectivity index (χ3n) is 2.62. The molecule has 0 aliphatic heterocycles. The number of rotatable bonds is 6. The molecule has 1 atom stereocenters. The largest absolute Gasteiger partial charge is 0.480 e. The molecule has 1 unspecified atom stereocenters. The summed E-state index contributed by atoms with van der Waals surface area (Å²) in [6.45, 7) is 1.70. The van der Waals surface area contributed by atoms with Gasteiger partial charge in [0.25, 0.3) is 5.91 Å². The summed E-state index contributed by atoms with van der Waals surface area (Å²) in [5, 5.41) is 15.3. The number of sulfone groups is 1. The van der Waals surface area contributed by atoms with E-state index in [4.69, 9.17) is 5.11 Å². The number of carboxylic acid groups (broad SMARTS) is 1. The summed E-state index contributed by atoms with van der Waals surface area (Å²) in [5.74, 6) is -2.19. The van der Waals surface area contributed by atoms with Gasteiger partial charge in [-0.1, -0.05) is 0 Å². The van der Waals surface area contributed by atoms with Gasteiger partial charge in [0.2, 0.25) is 0 Å². The third-order valence-corrected chi connectivity index (χ3v) is 3.59. The highest BCUT2D eigenvalue weighted by molar-refractivity contribution is 7.90. The molecule has 0 spiro atoms. The van der Waals surface area contributed by atoms with E-state index in [9.17, 15) is 18.0 Å². The minimum Gasteiger partial charge on any atom is -0.480 e. The number of nitrogens with one attached hydrogen (secondary N) is 1. The minimum absolute atomic E-state index is 0.184. The average molecular weight is 303 g/mol. The standard InChI is InChI=1S/C11H17N3O5S/c1-7-6-9(14(2)13-7)10(15)12-8(11(16)17)4-5-20(3,18)19/h6,8H,4-5H2,1-3H3,(H,12,15)(H,16,17). The number of carbonyl (C=O) groups excluding carboxylic acids is 1. The van der Waals surface area contributed by atoms with E-state index in [0.717, 1.165) is 6.26 Å². The van der Waals surface area contributed by atoms with Crippen molar-refractivity contribution in [3.63, 3.8) is 0 Å². The van der Waals surface area contributed by atoms with E-state index in [1.807, 2.05) is 0 Å². The van der Waals surface area contributed by atoms with Crippen molar-refractivity contribution in [1.82, 2.24) is 15.1 Å². The zero-order chi connectivity index (χ0) is 15.5. The molecule has 1 amide bonds. The van der Waals surface area contributed by atoms with Crippen molar-refractivity contribution in [3.05, 3.63) is 17.5 Å². The summed E-state index contributed by atoms with van der Waals surface area (Å²) in [6.07, 6.45) is 0.828. The lowest BCUT2D eigenvalue weighted by molar-refractivity contribution is -0.139. The maximum absolute atomic E-state index is 11.9. The molecule has 0 saturated heterocycles. The van der Waals surface area contributed by atoms with Crippen LogP contribution < -0.4 is 5.32 Å². The summed E-state index contributed by atoms with van der Waals surface area (Å²) in [4.78, 5) is 23.0. The van der Waals surface area contributed by atoms with E-state index in [2.05, 4.69) is 10.4 Å². The van der Waals surface area contributed by atoms with E-state index in [0.29, 0.717) is 5.69 Å². The molecule has 2 N–H and O–H groups in total. The van der Waals surface area contributed by atoms with Gasteiger partial charge < -0.3 is 10.4 Å². The van der Waals surface area contributed by atoms with Crippen molar-refractivity contribution >= 4 is 21.7 Å². The van der Waals surface area contributed by atoms with Gasteiger partial charge in [-0.3, -0.25) is 9.48 Å². The number of aromatic nitrogens is 2. The normalized spacial score (nSPS) is 12.9. The van der Waals surface area contributed by atoms with Crippen LogP contribution in [-0.2, 0) is 21.7 Å². The number of nitrogens with zero attached hydrogens (tertiary/aromatic N) is 2. The number of hydrogen-bond acceptors (Lipinski definition) is 5. The predicted octanol–water partition coefficient (Wildman–Crippen LogP) is -0.654. The van der Waals surface area contributed by atoms with Gasteiger partial charge in [0.1, 0.15) is 21.6 Å². The maximum atomic E-state index is 11.9. The first-order valence-electron chi connectivity index (χ1n) is 5.82. The van der Waals surface area contributed by atoms with E-state index in [-0.39, 0.29) is 17.9 Å². The molecule has 1 heterocycles. The third kappa shape index (κ3) is 4.65. The van der Waals surface area contributed by atoms with Crippen LogP contribution in [0.4, 0.5) is 0 Å². The molecule has 0 aromatic carbocycles. The van der Waals surface area contributed by atoms with Crippen LogP contribution in [0.1, 0.15) is 22.6 Å². The Bertz CT molecular complexity index is 620. The molecule has 0 saturated carbocycles. The van der Waals surface area contributed by atoms with Gasteiger partial charge in [-0.05, 0) is 19.4 Å². The molecule has 0 aliphatic carbocycles. The minimum atomic E-state index is -3.29. The average Bonchev–Trinajstić information content (AvgIpc) is 2.61. The quantitative estimate of drug-likeness (QED) is 0.720. The van der Waals surface area contributed by atoms with Gasteiger partial charge in [0.15, 0.2) is 0 Å². The van der Waals surface area contributed by atoms with Crippen LogP contribution in [0.15, 0.2) is 6.07 Å². The highest BCUT2D eigenvalue weighted by Crippen LogP contribution is 2.04. The zero-order valence-electron chi connectivity index (χ0n) is 11.5. The molecular formula is C11H17N3O5S. The highest BCUT2D eigenvalue weighted by atomic mass is 32.2. The van der Waals surface area contributed by atoms with Gasteiger partial charge in [-0.25, -0.2) is 13.2 Å². The number of hydrogen-bond donors (Lipinski definition) is 2. The van der Waals surface area contributed by atoms with E-state index < -0.39 is 27.8 Å². The van der Waals surface area contributed by atoms with Gasteiger partial charge in [0.05, 0.1) is 11.4 Å². The number of carbonyl (C=O) groups is 2. The number of amides is 1. The van der Waals surface area contributed by atoms with Crippen LogP contribution in [-0.4, -0.2) is 53.2 Å². The Morgan fingerprint density at radius 3 is 2.50 bits per heavy atom. The van der Waals surface area contributed by atoms with Crippen molar-refractivity contribution in [2.75, 3.05) is 12.0 Å². The predicted molar refractivity (Wildman–Crippen MR) is 71.2 cm³/mol. The fourth-order valence-corrected chi connectivity index (χ4v) is 2.31. The van der Waals surface area contributed by atoms with Gasteiger partial charge in [0, 0.05) is 13.3 Å². The Morgan fingerprint density at radius 2 is 2.10 bits per heavy atom. The Balaban J connectivity index is 2.78. The SMILES string of the molecule is Cc1cc(C(=O)NC(CCS(C)(=O)=O)C(=O)O)n(C)n1. The van der Waals surface area contributed by atoms with Crippen LogP contribution in [0.25, 0.3) is 0 Å². The number of aryl methyl sites for hydroxylation is 2. The lowest BCUT2D eigenvalue weighted by Crippen LogP contribution is -2.42. The number of carboxylic acids is 1. The van der Waals surface area contributed by atoms with Crippen LogP contribution >= 0.6 is 0 Å². The second-order valence-corrected chi connectivity index (χ2v) is 6.84. The first-order chi connectivity index (χ1) is 9.10. The smallest absolute Gasteiger partial charge is 0.326 e. The molecule has 8 nitrogen and oxygen atoms in total. The van der Waals surface area contributed by atoms with E-state index in [1.54, 1.807) is 14.0 Å². The molecule has 1 rings (SSSR count). The molecule has 0 bridgehead atoms. The molecule has 9 heteroatoms. The van der Waals surface area contributed by atoms with Crippen LogP contribution in [0.3, 0.4) is 0 Å². The molecule has 0 aliphatic rings. The lowest BCUT2D eigenvalue weighted by Gasteiger charge is -2.13. The summed E-state index contributed by atoms with van der Waals surface area (Å²) >= 11 is 0. The molecule has 1 aromatic rings. The van der Waals surface area contributed by atoms with Crippen LogP contribution in [0.2, 0.25) is 0 Å². The first-order valence-corrected chi connectivity index (χ1v) is 7.88. The summed E-state index contributed by atoms with van der Waals surface area (Å²) in [6, 6.07) is 0.262. The first kappa shape index (κ1) is 16.2. The van der Waals surface area contributed by atoms with E-state index >= 15 is 0 Å². The second-order valence-electron chi connectivity index (χ2n) is 4.58. The second kappa shape index (κ2) is 6.04. The molecule has 20 heavy (non-hydrogen) atoms. The van der Waals surface area contributed by atoms with Crippen molar-refractivity contribution in [3.8, 4) is 0 Å². The van der Waals surface area contributed by atoms with Crippen molar-refractivity contribution in [2.45, 2.75) is 19.4 Å². The Morgan fingerprint density at radius 1 is 1.50 bits per heavy atom. The Hall–Kier alpha value is -1.90. The summed E-state index contributed by atoms with van der Waals surface area (Å²) in [7, 11) is -1.73. The monoisotopic (exact) mass is 303 g/mol. The Kier molecular flexibility index (Phi) is 4.88. The molecule has 0 radical (unpaired) electrons. The maximum Gasteiger partial charge on any atom is 0.326 e. The molecule has 1 aromatic heterocycles. The molecule has 0 fully saturated rings. The van der Waals surface area contributed by atoms with Crippen molar-refractivity contribution in [2.24, 2.45) is 7.05 Å². The van der Waals surface area contributed by atoms with Crippen LogP contribution in [0.5, 0.6) is 0 Å². The van der Waals surface area contributed by atoms with Crippen molar-refractivity contribution in [1.29, 1.82) is 0 Å². The number of aliphatic carboxylic acids is 1. The summed E-state index contributed by atoms with van der Waals surface area (Å²) in [5.41, 5.74) is 0.841. The molecular weight excluding hydrogens is 286 g/mol. The van der Waals surface area contributed by atoms with Crippen LogP contribution in [0, 0.1) is 6.92 Å². The zero-order valence-corrected chi connectivity index (χ0v) is 12.3. The van der Waals surface area contributed by atoms with Crippen molar-refractivity contribution < 1.29 is 23.1 Å². The van der Waals surface area contributed by atoms with E-state index in [1.165, 1.54) is 10.7 Å². The Labute approximate surface area is 116 Å². The van der Waals surface area contributed by atoms with Gasteiger partial charge >= 0.3 is 5.97 Å². The summed E-state index contributed by atoms with van der Waals surface area (Å²) < 4.78 is 23.4. The topological polar surface area (TPSA) is 118 Å². The highest BCUT2D eigenvalue weighted by Gasteiger charge is 2.23. The van der Waals surface area contributed by atoms with Gasteiger partial charge in [-0.2, -0.15) is 5.10 Å². The lowest BCUT2D eigenvalue weighted by atomic mass is 10.2. The fraction of sp³-hybridized carbons (Fsp3) is 0.545. The fourth-order valence-electron chi connectivity index (χ4n) is 1.64. The van der Waals surface area contributed by atoms with Gasteiger partial charge in [-0.15, -0.1) is 0 Å². The molecule has 112 valence electrons.